The van der Waals surface area contributed by atoms with Crippen molar-refractivity contribution in [1.82, 2.24) is 20.2 Å². The fourth-order valence-corrected chi connectivity index (χ4v) is 4.93. The van der Waals surface area contributed by atoms with Crippen LogP contribution in [0.1, 0.15) is 28.9 Å². The summed E-state index contributed by atoms with van der Waals surface area (Å²) in [4.78, 5) is 35.3. The molecule has 0 spiro atoms. The molecule has 3 amide bonds. The van der Waals surface area contributed by atoms with E-state index in [4.69, 9.17) is 9.84 Å². The Bertz CT molecular complexity index is 1460. The van der Waals surface area contributed by atoms with Crippen LogP contribution < -0.4 is 10.1 Å². The summed E-state index contributed by atoms with van der Waals surface area (Å²) in [6.07, 6.45) is 2.07. The molecule has 0 radical (unpaired) electrons. The first-order valence-electron chi connectivity index (χ1n) is 12.4. The number of halogens is 2. The lowest BCUT2D eigenvalue weighted by molar-refractivity contribution is -0.127. The van der Waals surface area contributed by atoms with Gasteiger partial charge in [0.2, 0.25) is 0 Å². The zero-order chi connectivity index (χ0) is 27.4. The largest absolute Gasteiger partial charge is 0.491 e. The molecule has 2 atom stereocenters. The number of aliphatic hydroxyl groups excluding tert-OH is 1. The Morgan fingerprint density at radius 3 is 2.56 bits per heavy atom. The minimum atomic E-state index is -0.828. The topological polar surface area (TPSA) is 108 Å². The minimum absolute atomic E-state index is 0.0868. The Kier molecular flexibility index (Phi) is 8.04. The SMILES string of the molecule is O=C1N[C@H](c2ccc(OCCO)cc2)C(=O)N1CC(Cc1ccccc1)c1ncc(-c2ccc(Br)cc2F)[nH]1. The van der Waals surface area contributed by atoms with Gasteiger partial charge in [0.1, 0.15) is 30.0 Å². The van der Waals surface area contributed by atoms with Gasteiger partial charge in [-0.3, -0.25) is 9.69 Å². The molecule has 1 aliphatic rings. The summed E-state index contributed by atoms with van der Waals surface area (Å²) in [7, 11) is 0. The number of imide groups is 1. The number of aliphatic hydroxyl groups is 1. The molecule has 1 saturated heterocycles. The van der Waals surface area contributed by atoms with E-state index in [0.717, 1.165) is 5.56 Å². The third-order valence-corrected chi connectivity index (χ3v) is 7.02. The van der Waals surface area contributed by atoms with Crippen molar-refractivity contribution in [1.29, 1.82) is 0 Å². The predicted octanol–water partition coefficient (Wildman–Crippen LogP) is 4.97. The van der Waals surface area contributed by atoms with E-state index < -0.39 is 17.9 Å². The molecule has 10 heteroatoms. The van der Waals surface area contributed by atoms with Crippen molar-refractivity contribution in [2.75, 3.05) is 19.8 Å². The van der Waals surface area contributed by atoms with Gasteiger partial charge in [-0.2, -0.15) is 0 Å². The maximum absolute atomic E-state index is 14.6. The molecule has 3 aromatic carbocycles. The molecule has 1 unspecified atom stereocenters. The van der Waals surface area contributed by atoms with Gasteiger partial charge in [0.05, 0.1) is 18.5 Å². The van der Waals surface area contributed by atoms with Crippen LogP contribution in [0.25, 0.3) is 11.3 Å². The molecule has 4 aromatic rings. The van der Waals surface area contributed by atoms with E-state index in [-0.39, 0.29) is 31.6 Å². The molecule has 0 bridgehead atoms. The summed E-state index contributed by atoms with van der Waals surface area (Å²) in [5.41, 5.74) is 2.51. The summed E-state index contributed by atoms with van der Waals surface area (Å²) >= 11 is 3.27. The molecule has 1 aliphatic heterocycles. The highest BCUT2D eigenvalue weighted by atomic mass is 79.9. The standard InChI is InChI=1S/C29H26BrFN4O4/c30-21-8-11-23(24(31)15-21)25-16-32-27(33-25)20(14-18-4-2-1-3-5-18)17-35-28(37)26(34-29(35)38)19-6-9-22(10-7-19)39-13-12-36/h1-11,15-16,20,26,36H,12-14,17H2,(H,32,33)(H,34,38)/t20?,26-/m1/s1. The molecule has 3 N–H and O–H groups in total. The Balaban J connectivity index is 1.38. The van der Waals surface area contributed by atoms with Crippen LogP contribution in [0, 0.1) is 5.82 Å². The van der Waals surface area contributed by atoms with Gasteiger partial charge in [0.25, 0.3) is 5.91 Å². The highest BCUT2D eigenvalue weighted by Gasteiger charge is 2.40. The lowest BCUT2D eigenvalue weighted by atomic mass is 9.97. The van der Waals surface area contributed by atoms with Crippen molar-refractivity contribution in [3.63, 3.8) is 0 Å². The van der Waals surface area contributed by atoms with Gasteiger partial charge in [-0.05, 0) is 47.9 Å². The van der Waals surface area contributed by atoms with Crippen LogP contribution in [0.15, 0.2) is 83.5 Å². The zero-order valence-corrected chi connectivity index (χ0v) is 22.4. The first kappa shape index (κ1) is 26.6. The number of nitrogens with one attached hydrogen (secondary N) is 2. The van der Waals surface area contributed by atoms with Crippen molar-refractivity contribution in [2.24, 2.45) is 0 Å². The quantitative estimate of drug-likeness (QED) is 0.225. The third-order valence-electron chi connectivity index (χ3n) is 6.53. The van der Waals surface area contributed by atoms with Crippen LogP contribution in [-0.4, -0.2) is 51.7 Å². The lowest BCUT2D eigenvalue weighted by Gasteiger charge is -2.21. The fourth-order valence-electron chi connectivity index (χ4n) is 4.59. The van der Waals surface area contributed by atoms with Crippen LogP contribution in [0.2, 0.25) is 0 Å². The molecule has 200 valence electrons. The number of rotatable bonds is 10. The third kappa shape index (κ3) is 6.02. The van der Waals surface area contributed by atoms with Crippen molar-refractivity contribution < 1.29 is 23.8 Å². The average molecular weight is 593 g/mol. The van der Waals surface area contributed by atoms with Crippen LogP contribution in [0.4, 0.5) is 9.18 Å². The van der Waals surface area contributed by atoms with Crippen molar-refractivity contribution in [2.45, 2.75) is 18.4 Å². The first-order chi connectivity index (χ1) is 18.9. The van der Waals surface area contributed by atoms with Gasteiger partial charge in [-0.25, -0.2) is 14.2 Å². The molecule has 0 saturated carbocycles. The maximum atomic E-state index is 14.6. The minimum Gasteiger partial charge on any atom is -0.491 e. The Labute approximate surface area is 233 Å². The van der Waals surface area contributed by atoms with E-state index in [1.165, 1.54) is 11.0 Å². The Morgan fingerprint density at radius 2 is 1.85 bits per heavy atom. The number of urea groups is 1. The second-order valence-electron chi connectivity index (χ2n) is 9.17. The summed E-state index contributed by atoms with van der Waals surface area (Å²) in [6.45, 7) is 0.148. The van der Waals surface area contributed by atoms with Crippen molar-refractivity contribution in [3.05, 3.63) is 106 Å². The molecule has 5 rings (SSSR count). The number of imidazole rings is 1. The Morgan fingerprint density at radius 1 is 1.08 bits per heavy atom. The van der Waals surface area contributed by atoms with Crippen LogP contribution in [0.3, 0.4) is 0 Å². The lowest BCUT2D eigenvalue weighted by Crippen LogP contribution is -2.35. The van der Waals surface area contributed by atoms with Crippen LogP contribution >= 0.6 is 15.9 Å². The normalized spacial score (nSPS) is 15.9. The number of aromatic amines is 1. The number of benzene rings is 3. The van der Waals surface area contributed by atoms with Gasteiger partial charge < -0.3 is 20.1 Å². The molecule has 39 heavy (non-hydrogen) atoms. The second kappa shape index (κ2) is 11.8. The van der Waals surface area contributed by atoms with Crippen molar-refractivity contribution >= 4 is 27.9 Å². The number of hydrogen-bond acceptors (Lipinski definition) is 5. The van der Waals surface area contributed by atoms with Gasteiger partial charge in [0, 0.05) is 22.5 Å². The van der Waals surface area contributed by atoms with Gasteiger partial charge in [-0.15, -0.1) is 0 Å². The smallest absolute Gasteiger partial charge is 0.325 e. The monoisotopic (exact) mass is 592 g/mol. The second-order valence-corrected chi connectivity index (χ2v) is 10.1. The van der Waals surface area contributed by atoms with E-state index in [9.17, 15) is 14.0 Å². The van der Waals surface area contributed by atoms with Gasteiger partial charge in [0.15, 0.2) is 0 Å². The summed E-state index contributed by atoms with van der Waals surface area (Å²) in [5.74, 6) is -0.0233. The molecular formula is C29H26BrFN4O4. The number of amides is 3. The summed E-state index contributed by atoms with van der Waals surface area (Å²) < 4.78 is 20.6. The van der Waals surface area contributed by atoms with Gasteiger partial charge >= 0.3 is 6.03 Å². The number of ether oxygens (including phenoxy) is 1. The number of hydrogen-bond donors (Lipinski definition) is 3. The van der Waals surface area contributed by atoms with Gasteiger partial charge in [-0.1, -0.05) is 58.4 Å². The van der Waals surface area contributed by atoms with E-state index in [1.54, 1.807) is 42.6 Å². The van der Waals surface area contributed by atoms with E-state index in [1.807, 2.05) is 30.3 Å². The molecule has 0 aliphatic carbocycles. The van der Waals surface area contributed by atoms with E-state index in [2.05, 4.69) is 31.2 Å². The molecular weight excluding hydrogens is 567 g/mol. The molecule has 2 heterocycles. The highest BCUT2D eigenvalue weighted by molar-refractivity contribution is 9.10. The highest BCUT2D eigenvalue weighted by Crippen LogP contribution is 2.30. The fraction of sp³-hybridized carbons (Fsp3) is 0.207. The Hall–Kier alpha value is -4.02. The van der Waals surface area contributed by atoms with E-state index >= 15 is 0 Å². The molecule has 1 aromatic heterocycles. The summed E-state index contributed by atoms with van der Waals surface area (Å²) in [5, 5.41) is 11.7. The predicted molar refractivity (Wildman–Crippen MR) is 147 cm³/mol. The zero-order valence-electron chi connectivity index (χ0n) is 20.8. The number of carbonyl (C=O) groups is 2. The molecule has 1 fully saturated rings. The summed E-state index contributed by atoms with van der Waals surface area (Å²) in [6, 6.07) is 20.0. The number of H-pyrrole nitrogens is 1. The molecule has 8 nitrogen and oxygen atoms in total. The number of aromatic nitrogens is 2. The average Bonchev–Trinajstić information content (AvgIpc) is 3.53. The first-order valence-corrected chi connectivity index (χ1v) is 13.2. The van der Waals surface area contributed by atoms with Crippen LogP contribution in [0.5, 0.6) is 5.75 Å². The van der Waals surface area contributed by atoms with E-state index in [0.29, 0.717) is 39.3 Å². The van der Waals surface area contributed by atoms with Crippen LogP contribution in [-0.2, 0) is 11.2 Å². The number of nitrogens with zero attached hydrogens (tertiary/aromatic N) is 2. The maximum Gasteiger partial charge on any atom is 0.325 e. The number of carbonyl (C=O) groups excluding carboxylic acids is 2. The van der Waals surface area contributed by atoms with Crippen molar-refractivity contribution in [3.8, 4) is 17.0 Å².